The molecule has 0 aliphatic heterocycles. The van der Waals surface area contributed by atoms with Gasteiger partial charge in [-0.2, -0.15) is 13.2 Å². The minimum Gasteiger partial charge on any atom is -0.496 e. The molecule has 0 unspecified atom stereocenters. The first-order chi connectivity index (χ1) is 8.23. The van der Waals surface area contributed by atoms with E-state index in [1.807, 2.05) is 26.0 Å². The minimum absolute atomic E-state index is 0.213. The molecule has 0 N–H and O–H groups in total. The minimum atomic E-state index is -4.18. The molecule has 5 heteroatoms. The number of hydrogen-bond donors (Lipinski definition) is 0. The predicted octanol–water partition coefficient (Wildman–Crippen LogP) is 3.31. The Kier molecular flexibility index (Phi) is 4.62. The second-order valence-corrected chi connectivity index (χ2v) is 4.56. The summed E-state index contributed by atoms with van der Waals surface area (Å²) in [5.41, 5.74) is 2.73. The molecule has 0 amide bonds. The van der Waals surface area contributed by atoms with Crippen LogP contribution in [0.5, 0.6) is 5.75 Å². The number of hydrogen-bond acceptors (Lipinski definition) is 2. The molecule has 0 aliphatic rings. The van der Waals surface area contributed by atoms with Gasteiger partial charge in [0.25, 0.3) is 0 Å². The summed E-state index contributed by atoms with van der Waals surface area (Å²) in [5, 5.41) is 0. The third-order valence-corrected chi connectivity index (χ3v) is 2.59. The Labute approximate surface area is 105 Å². The highest BCUT2D eigenvalue weighted by Gasteiger charge is 2.29. The molecular formula is C13H18F3NO. The Morgan fingerprint density at radius 3 is 2.33 bits per heavy atom. The van der Waals surface area contributed by atoms with Crippen LogP contribution >= 0.6 is 0 Å². The Morgan fingerprint density at radius 2 is 1.83 bits per heavy atom. The van der Waals surface area contributed by atoms with Crippen LogP contribution in [0.1, 0.15) is 16.7 Å². The van der Waals surface area contributed by atoms with E-state index >= 15 is 0 Å². The van der Waals surface area contributed by atoms with E-state index in [2.05, 4.69) is 0 Å². The van der Waals surface area contributed by atoms with Gasteiger partial charge in [-0.1, -0.05) is 17.7 Å². The van der Waals surface area contributed by atoms with Gasteiger partial charge in [0.1, 0.15) is 5.75 Å². The number of aryl methyl sites for hydroxylation is 2. The van der Waals surface area contributed by atoms with Crippen molar-refractivity contribution in [2.75, 3.05) is 20.7 Å². The van der Waals surface area contributed by atoms with Crippen molar-refractivity contribution in [1.82, 2.24) is 4.90 Å². The molecule has 0 heterocycles. The normalized spacial score (nSPS) is 12.0. The SMILES string of the molecule is COc1c(C)cc(C)cc1CN(C)CC(F)(F)F. The average molecular weight is 261 g/mol. The van der Waals surface area contributed by atoms with Gasteiger partial charge in [-0.05, 0) is 26.5 Å². The van der Waals surface area contributed by atoms with Gasteiger partial charge >= 0.3 is 6.18 Å². The first kappa shape index (κ1) is 14.8. The molecule has 102 valence electrons. The lowest BCUT2D eigenvalue weighted by atomic mass is 10.1. The number of halogens is 3. The fourth-order valence-corrected chi connectivity index (χ4v) is 2.10. The van der Waals surface area contributed by atoms with Crippen molar-refractivity contribution < 1.29 is 17.9 Å². The van der Waals surface area contributed by atoms with Gasteiger partial charge in [0.05, 0.1) is 13.7 Å². The molecule has 18 heavy (non-hydrogen) atoms. The van der Waals surface area contributed by atoms with Crippen molar-refractivity contribution in [1.29, 1.82) is 0 Å². The molecule has 0 saturated heterocycles. The van der Waals surface area contributed by atoms with Gasteiger partial charge < -0.3 is 4.74 Å². The van der Waals surface area contributed by atoms with Crippen LogP contribution in [0.25, 0.3) is 0 Å². The third kappa shape index (κ3) is 4.22. The van der Waals surface area contributed by atoms with Crippen LogP contribution in [0, 0.1) is 13.8 Å². The number of ether oxygens (including phenoxy) is 1. The van der Waals surface area contributed by atoms with E-state index in [1.54, 1.807) is 0 Å². The highest BCUT2D eigenvalue weighted by atomic mass is 19.4. The summed E-state index contributed by atoms with van der Waals surface area (Å²) in [6.07, 6.45) is -4.18. The largest absolute Gasteiger partial charge is 0.496 e. The summed E-state index contributed by atoms with van der Waals surface area (Å²) >= 11 is 0. The standard InChI is InChI=1S/C13H18F3NO/c1-9-5-10(2)12(18-4)11(6-9)7-17(3)8-13(14,15)16/h5-6H,7-8H2,1-4H3. The van der Waals surface area contributed by atoms with Gasteiger partial charge in [0.15, 0.2) is 0 Å². The molecule has 2 nitrogen and oxygen atoms in total. The molecule has 0 aliphatic carbocycles. The quantitative estimate of drug-likeness (QED) is 0.824. The summed E-state index contributed by atoms with van der Waals surface area (Å²) < 4.78 is 42.1. The maximum absolute atomic E-state index is 12.3. The van der Waals surface area contributed by atoms with Crippen molar-refractivity contribution in [3.05, 3.63) is 28.8 Å². The maximum Gasteiger partial charge on any atom is 0.401 e. The van der Waals surface area contributed by atoms with E-state index in [-0.39, 0.29) is 6.54 Å². The molecule has 0 radical (unpaired) electrons. The molecule has 0 bridgehead atoms. The van der Waals surface area contributed by atoms with Crippen molar-refractivity contribution in [2.45, 2.75) is 26.6 Å². The Morgan fingerprint density at radius 1 is 1.22 bits per heavy atom. The fourth-order valence-electron chi connectivity index (χ4n) is 2.10. The number of alkyl halides is 3. The van der Waals surface area contributed by atoms with Crippen LogP contribution in [0.2, 0.25) is 0 Å². The zero-order valence-electron chi connectivity index (χ0n) is 11.1. The van der Waals surface area contributed by atoms with Crippen molar-refractivity contribution in [3.63, 3.8) is 0 Å². The van der Waals surface area contributed by atoms with Gasteiger partial charge in [-0.25, -0.2) is 0 Å². The molecule has 0 fully saturated rings. The van der Waals surface area contributed by atoms with Crippen LogP contribution in [-0.2, 0) is 6.54 Å². The number of benzene rings is 1. The molecular weight excluding hydrogens is 243 g/mol. The molecule has 0 saturated carbocycles. The monoisotopic (exact) mass is 261 g/mol. The third-order valence-electron chi connectivity index (χ3n) is 2.59. The second kappa shape index (κ2) is 5.61. The average Bonchev–Trinajstić information content (AvgIpc) is 2.13. The number of rotatable bonds is 4. The lowest BCUT2D eigenvalue weighted by Gasteiger charge is -2.21. The van der Waals surface area contributed by atoms with Crippen molar-refractivity contribution in [3.8, 4) is 5.75 Å². The Bertz CT molecular complexity index is 415. The highest BCUT2D eigenvalue weighted by Crippen LogP contribution is 2.27. The van der Waals surface area contributed by atoms with E-state index in [9.17, 15) is 13.2 Å². The molecule has 1 aromatic rings. The van der Waals surface area contributed by atoms with Crippen LogP contribution < -0.4 is 4.74 Å². The Hall–Kier alpha value is -1.23. The van der Waals surface area contributed by atoms with Crippen molar-refractivity contribution >= 4 is 0 Å². The van der Waals surface area contributed by atoms with Gasteiger partial charge in [0.2, 0.25) is 0 Å². The van der Waals surface area contributed by atoms with E-state index in [0.717, 1.165) is 16.7 Å². The summed E-state index contributed by atoms with van der Waals surface area (Å²) in [6.45, 7) is 3.09. The summed E-state index contributed by atoms with van der Waals surface area (Å²) in [6, 6.07) is 3.81. The van der Waals surface area contributed by atoms with Gasteiger partial charge in [0, 0.05) is 12.1 Å². The molecule has 1 aromatic carbocycles. The zero-order valence-corrected chi connectivity index (χ0v) is 11.1. The maximum atomic E-state index is 12.3. The zero-order chi connectivity index (χ0) is 13.9. The number of methoxy groups -OCH3 is 1. The molecule has 1 rings (SSSR count). The van der Waals surface area contributed by atoms with Crippen LogP contribution in [0.4, 0.5) is 13.2 Å². The Balaban J connectivity index is 2.90. The lowest BCUT2D eigenvalue weighted by Crippen LogP contribution is -2.30. The highest BCUT2D eigenvalue weighted by molar-refractivity contribution is 5.43. The van der Waals surface area contributed by atoms with Gasteiger partial charge in [-0.3, -0.25) is 4.90 Å². The van der Waals surface area contributed by atoms with E-state index < -0.39 is 12.7 Å². The van der Waals surface area contributed by atoms with Crippen LogP contribution in [0.15, 0.2) is 12.1 Å². The van der Waals surface area contributed by atoms with E-state index in [1.165, 1.54) is 19.1 Å². The second-order valence-electron chi connectivity index (χ2n) is 4.56. The summed E-state index contributed by atoms with van der Waals surface area (Å²) in [5.74, 6) is 0.662. The first-order valence-electron chi connectivity index (χ1n) is 5.62. The van der Waals surface area contributed by atoms with Gasteiger partial charge in [-0.15, -0.1) is 0 Å². The smallest absolute Gasteiger partial charge is 0.401 e. The lowest BCUT2D eigenvalue weighted by molar-refractivity contribution is -0.144. The fraction of sp³-hybridized carbons (Fsp3) is 0.538. The van der Waals surface area contributed by atoms with Crippen LogP contribution in [-0.4, -0.2) is 31.8 Å². The molecule has 0 spiro atoms. The topological polar surface area (TPSA) is 12.5 Å². The van der Waals surface area contributed by atoms with E-state index in [4.69, 9.17) is 4.74 Å². The number of nitrogens with zero attached hydrogens (tertiary/aromatic N) is 1. The van der Waals surface area contributed by atoms with E-state index in [0.29, 0.717) is 5.75 Å². The molecule has 0 atom stereocenters. The summed E-state index contributed by atoms with van der Waals surface area (Å²) in [4.78, 5) is 1.23. The molecule has 0 aromatic heterocycles. The summed E-state index contributed by atoms with van der Waals surface area (Å²) in [7, 11) is 2.98. The van der Waals surface area contributed by atoms with Crippen LogP contribution in [0.3, 0.4) is 0 Å². The first-order valence-corrected chi connectivity index (χ1v) is 5.62. The predicted molar refractivity (Wildman–Crippen MR) is 64.9 cm³/mol. The van der Waals surface area contributed by atoms with Crippen molar-refractivity contribution in [2.24, 2.45) is 0 Å².